The molecule has 0 aromatic heterocycles. The number of likely N-dealkylation sites (N-methyl/N-ethyl adjacent to an activating group) is 1. The molecule has 0 atom stereocenters. The molecule has 0 aliphatic carbocycles. The average Bonchev–Trinajstić information content (AvgIpc) is 2.45. The van der Waals surface area contributed by atoms with Crippen LogP contribution in [0.1, 0.15) is 5.56 Å². The Kier molecular flexibility index (Phi) is 4.74. The van der Waals surface area contributed by atoms with Gasteiger partial charge in [-0.3, -0.25) is 4.79 Å². The SMILES string of the molecule is CN(C(=O)/C=C/c1ccccc1)c1ccccc1I. The highest BCUT2D eigenvalue weighted by atomic mass is 127. The minimum Gasteiger partial charge on any atom is -0.311 e. The molecule has 1 amide bonds. The standard InChI is InChI=1S/C16H14INO/c1-18(15-10-6-5-9-14(15)17)16(19)12-11-13-7-3-2-4-8-13/h2-12H,1H3/b12-11+. The second-order valence-electron chi connectivity index (χ2n) is 4.09. The number of benzene rings is 2. The number of hydrogen-bond acceptors (Lipinski definition) is 1. The van der Waals surface area contributed by atoms with Gasteiger partial charge in [0.15, 0.2) is 0 Å². The molecule has 3 heteroatoms. The van der Waals surface area contributed by atoms with Gasteiger partial charge in [-0.15, -0.1) is 0 Å². The number of amides is 1. The molecule has 0 N–H and O–H groups in total. The monoisotopic (exact) mass is 363 g/mol. The molecule has 19 heavy (non-hydrogen) atoms. The van der Waals surface area contributed by atoms with Gasteiger partial charge < -0.3 is 4.90 Å². The van der Waals surface area contributed by atoms with Gasteiger partial charge in [-0.25, -0.2) is 0 Å². The predicted octanol–water partition coefficient (Wildman–Crippen LogP) is 3.97. The number of halogens is 1. The fourth-order valence-electron chi connectivity index (χ4n) is 1.69. The van der Waals surface area contributed by atoms with Crippen LogP contribution in [0.5, 0.6) is 0 Å². The summed E-state index contributed by atoms with van der Waals surface area (Å²) in [5.41, 5.74) is 1.94. The van der Waals surface area contributed by atoms with Crippen molar-refractivity contribution in [3.8, 4) is 0 Å². The van der Waals surface area contributed by atoms with E-state index in [1.165, 1.54) is 0 Å². The molecule has 0 aliphatic rings. The van der Waals surface area contributed by atoms with Crippen molar-refractivity contribution in [2.75, 3.05) is 11.9 Å². The maximum atomic E-state index is 12.1. The van der Waals surface area contributed by atoms with E-state index < -0.39 is 0 Å². The minimum atomic E-state index is -0.0343. The Hall–Kier alpha value is -1.62. The van der Waals surface area contributed by atoms with E-state index in [1.54, 1.807) is 18.0 Å². The lowest BCUT2D eigenvalue weighted by molar-refractivity contribution is -0.113. The zero-order valence-electron chi connectivity index (χ0n) is 10.6. The highest BCUT2D eigenvalue weighted by Gasteiger charge is 2.09. The van der Waals surface area contributed by atoms with Crippen molar-refractivity contribution < 1.29 is 4.79 Å². The first kappa shape index (κ1) is 13.8. The second kappa shape index (κ2) is 6.52. The minimum absolute atomic E-state index is 0.0343. The van der Waals surface area contributed by atoms with Crippen LogP contribution in [-0.4, -0.2) is 13.0 Å². The van der Waals surface area contributed by atoms with Crippen LogP contribution < -0.4 is 4.90 Å². The number of hydrogen-bond donors (Lipinski definition) is 0. The van der Waals surface area contributed by atoms with Crippen molar-refractivity contribution in [1.29, 1.82) is 0 Å². The number of carbonyl (C=O) groups is 1. The van der Waals surface area contributed by atoms with Crippen molar-refractivity contribution in [2.24, 2.45) is 0 Å². The molecule has 0 bridgehead atoms. The third-order valence-electron chi connectivity index (χ3n) is 2.76. The zero-order valence-corrected chi connectivity index (χ0v) is 12.7. The van der Waals surface area contributed by atoms with Crippen LogP contribution in [0.4, 0.5) is 5.69 Å². The molecule has 0 aliphatic heterocycles. The Labute approximate surface area is 126 Å². The van der Waals surface area contributed by atoms with E-state index in [1.807, 2.05) is 60.7 Å². The van der Waals surface area contributed by atoms with Crippen molar-refractivity contribution in [3.63, 3.8) is 0 Å². The van der Waals surface area contributed by atoms with Crippen LogP contribution in [-0.2, 0) is 4.79 Å². The Bertz CT molecular complexity index is 593. The molecule has 2 rings (SSSR count). The molecule has 0 saturated carbocycles. The summed E-state index contributed by atoms with van der Waals surface area (Å²) in [6, 6.07) is 17.6. The van der Waals surface area contributed by atoms with Gasteiger partial charge in [0.25, 0.3) is 5.91 Å². The Morgan fingerprint density at radius 3 is 2.37 bits per heavy atom. The highest BCUT2D eigenvalue weighted by molar-refractivity contribution is 14.1. The summed E-state index contributed by atoms with van der Waals surface area (Å²) >= 11 is 2.23. The average molecular weight is 363 g/mol. The Morgan fingerprint density at radius 2 is 1.68 bits per heavy atom. The van der Waals surface area contributed by atoms with Crippen LogP contribution in [0.25, 0.3) is 6.08 Å². The van der Waals surface area contributed by atoms with Crippen molar-refractivity contribution in [1.82, 2.24) is 0 Å². The van der Waals surface area contributed by atoms with Gasteiger partial charge in [0, 0.05) is 16.7 Å². The molecular weight excluding hydrogens is 349 g/mol. The Balaban J connectivity index is 2.13. The molecule has 0 saturated heterocycles. The zero-order chi connectivity index (χ0) is 13.7. The van der Waals surface area contributed by atoms with E-state index in [-0.39, 0.29) is 5.91 Å². The largest absolute Gasteiger partial charge is 0.311 e. The summed E-state index contributed by atoms with van der Waals surface area (Å²) in [4.78, 5) is 13.8. The molecule has 0 heterocycles. The summed E-state index contributed by atoms with van der Waals surface area (Å²) in [5, 5.41) is 0. The number of nitrogens with zero attached hydrogens (tertiary/aromatic N) is 1. The van der Waals surface area contributed by atoms with Gasteiger partial charge in [-0.1, -0.05) is 42.5 Å². The van der Waals surface area contributed by atoms with Gasteiger partial charge in [-0.2, -0.15) is 0 Å². The van der Waals surface area contributed by atoms with Crippen LogP contribution in [0, 0.1) is 3.57 Å². The van der Waals surface area contributed by atoms with Gasteiger partial charge in [0.1, 0.15) is 0 Å². The molecule has 2 nitrogen and oxygen atoms in total. The lowest BCUT2D eigenvalue weighted by Crippen LogP contribution is -2.24. The molecule has 0 spiro atoms. The van der Waals surface area contributed by atoms with Crippen LogP contribution in [0.15, 0.2) is 60.7 Å². The predicted molar refractivity (Wildman–Crippen MR) is 88.0 cm³/mol. The fraction of sp³-hybridized carbons (Fsp3) is 0.0625. The maximum Gasteiger partial charge on any atom is 0.250 e. The summed E-state index contributed by atoms with van der Waals surface area (Å²) in [6.45, 7) is 0. The van der Waals surface area contributed by atoms with E-state index in [0.29, 0.717) is 0 Å². The smallest absolute Gasteiger partial charge is 0.250 e. The number of carbonyl (C=O) groups excluding carboxylic acids is 1. The van der Waals surface area contributed by atoms with E-state index in [9.17, 15) is 4.79 Å². The van der Waals surface area contributed by atoms with Crippen molar-refractivity contribution in [3.05, 3.63) is 69.8 Å². The molecule has 0 radical (unpaired) electrons. The number of para-hydroxylation sites is 1. The van der Waals surface area contributed by atoms with E-state index in [0.717, 1.165) is 14.8 Å². The third-order valence-corrected chi connectivity index (χ3v) is 3.67. The molecule has 2 aromatic carbocycles. The quantitative estimate of drug-likeness (QED) is 0.597. The summed E-state index contributed by atoms with van der Waals surface area (Å²) in [5.74, 6) is -0.0343. The van der Waals surface area contributed by atoms with Gasteiger partial charge in [0.2, 0.25) is 0 Å². The molecule has 0 fully saturated rings. The highest BCUT2D eigenvalue weighted by Crippen LogP contribution is 2.21. The van der Waals surface area contributed by atoms with E-state index in [2.05, 4.69) is 22.6 Å². The van der Waals surface area contributed by atoms with Crippen molar-refractivity contribution >= 4 is 40.3 Å². The lowest BCUT2D eigenvalue weighted by Gasteiger charge is -2.16. The van der Waals surface area contributed by atoms with Gasteiger partial charge in [-0.05, 0) is 46.4 Å². The Morgan fingerprint density at radius 1 is 1.05 bits per heavy atom. The normalized spacial score (nSPS) is 10.6. The molecule has 96 valence electrons. The van der Waals surface area contributed by atoms with E-state index >= 15 is 0 Å². The number of anilines is 1. The summed E-state index contributed by atoms with van der Waals surface area (Å²) < 4.78 is 1.06. The van der Waals surface area contributed by atoms with Gasteiger partial charge >= 0.3 is 0 Å². The molecule has 2 aromatic rings. The first-order valence-corrected chi connectivity index (χ1v) is 7.02. The first-order chi connectivity index (χ1) is 9.18. The van der Waals surface area contributed by atoms with Gasteiger partial charge in [0.05, 0.1) is 5.69 Å². The topological polar surface area (TPSA) is 20.3 Å². The maximum absolute atomic E-state index is 12.1. The van der Waals surface area contributed by atoms with Crippen molar-refractivity contribution in [2.45, 2.75) is 0 Å². The van der Waals surface area contributed by atoms with Crippen LogP contribution in [0.2, 0.25) is 0 Å². The first-order valence-electron chi connectivity index (χ1n) is 5.94. The lowest BCUT2D eigenvalue weighted by atomic mass is 10.2. The fourth-order valence-corrected chi connectivity index (χ4v) is 2.44. The van der Waals surface area contributed by atoms with Crippen LogP contribution >= 0.6 is 22.6 Å². The van der Waals surface area contributed by atoms with Crippen LogP contribution in [0.3, 0.4) is 0 Å². The number of rotatable bonds is 3. The molecule has 0 unspecified atom stereocenters. The third kappa shape index (κ3) is 3.67. The second-order valence-corrected chi connectivity index (χ2v) is 5.25. The molecular formula is C16H14INO. The summed E-state index contributed by atoms with van der Waals surface area (Å²) in [7, 11) is 1.79. The van der Waals surface area contributed by atoms with E-state index in [4.69, 9.17) is 0 Å². The summed E-state index contributed by atoms with van der Waals surface area (Å²) in [6.07, 6.45) is 3.42.